The summed E-state index contributed by atoms with van der Waals surface area (Å²) in [5.74, 6) is -0.378. The summed E-state index contributed by atoms with van der Waals surface area (Å²) in [6.45, 7) is 1.79. The van der Waals surface area contributed by atoms with Crippen LogP contribution in [0.5, 0.6) is 0 Å². The molecule has 2 aromatic carbocycles. The molecule has 0 bridgehead atoms. The van der Waals surface area contributed by atoms with E-state index in [1.165, 1.54) is 4.31 Å². The zero-order chi connectivity index (χ0) is 22.6. The van der Waals surface area contributed by atoms with Crippen molar-refractivity contribution >= 4 is 27.5 Å². The summed E-state index contributed by atoms with van der Waals surface area (Å²) in [5, 5.41) is 2.96. The molecule has 32 heavy (non-hydrogen) atoms. The van der Waals surface area contributed by atoms with E-state index < -0.39 is 10.0 Å². The van der Waals surface area contributed by atoms with Crippen molar-refractivity contribution in [1.82, 2.24) is 9.62 Å². The van der Waals surface area contributed by atoms with Crippen LogP contribution in [-0.2, 0) is 26.0 Å². The number of amides is 2. The van der Waals surface area contributed by atoms with Crippen LogP contribution in [0.25, 0.3) is 0 Å². The molecule has 0 aliphatic carbocycles. The van der Waals surface area contributed by atoms with Crippen LogP contribution in [0.4, 0.5) is 5.69 Å². The number of sulfonamides is 1. The van der Waals surface area contributed by atoms with Crippen molar-refractivity contribution in [2.24, 2.45) is 5.92 Å². The number of hydrogen-bond donors (Lipinski definition) is 1. The first-order chi connectivity index (χ1) is 15.4. The molecule has 0 spiro atoms. The van der Waals surface area contributed by atoms with Crippen molar-refractivity contribution in [2.75, 3.05) is 31.1 Å². The van der Waals surface area contributed by atoms with Crippen molar-refractivity contribution in [3.8, 4) is 0 Å². The third-order valence-corrected chi connectivity index (χ3v) is 8.05. The van der Waals surface area contributed by atoms with E-state index in [0.717, 1.165) is 24.1 Å². The van der Waals surface area contributed by atoms with Crippen LogP contribution >= 0.6 is 0 Å². The maximum Gasteiger partial charge on any atom is 0.243 e. The Hall–Kier alpha value is -2.71. The fourth-order valence-corrected chi connectivity index (χ4v) is 5.89. The average molecular weight is 456 g/mol. The first-order valence-electron chi connectivity index (χ1n) is 11.2. The number of carbonyl (C=O) groups is 2. The maximum atomic E-state index is 13.2. The van der Waals surface area contributed by atoms with E-state index >= 15 is 0 Å². The number of nitrogens with zero attached hydrogens (tertiary/aromatic N) is 2. The van der Waals surface area contributed by atoms with Gasteiger partial charge in [0.05, 0.1) is 10.8 Å². The predicted octanol–water partition coefficient (Wildman–Crippen LogP) is 2.57. The molecule has 2 saturated heterocycles. The monoisotopic (exact) mass is 455 g/mol. The van der Waals surface area contributed by atoms with Gasteiger partial charge in [0.1, 0.15) is 0 Å². The molecule has 1 N–H and O–H groups in total. The molecule has 7 nitrogen and oxygen atoms in total. The first-order valence-corrected chi connectivity index (χ1v) is 12.6. The number of rotatable bonds is 7. The zero-order valence-corrected chi connectivity index (χ0v) is 18.9. The Morgan fingerprint density at radius 2 is 1.75 bits per heavy atom. The molecule has 0 aromatic heterocycles. The highest BCUT2D eigenvalue weighted by atomic mass is 32.2. The molecule has 0 saturated carbocycles. The summed E-state index contributed by atoms with van der Waals surface area (Å²) >= 11 is 0. The van der Waals surface area contributed by atoms with Crippen molar-refractivity contribution in [2.45, 2.75) is 37.0 Å². The van der Waals surface area contributed by atoms with Crippen LogP contribution in [0.15, 0.2) is 59.5 Å². The highest BCUT2D eigenvalue weighted by molar-refractivity contribution is 7.89. The summed E-state index contributed by atoms with van der Waals surface area (Å²) in [7, 11) is -3.70. The summed E-state index contributed by atoms with van der Waals surface area (Å²) in [4.78, 5) is 26.5. The second-order valence-corrected chi connectivity index (χ2v) is 10.3. The minimum Gasteiger partial charge on any atom is -0.355 e. The van der Waals surface area contributed by atoms with Crippen LogP contribution in [-0.4, -0.2) is 50.7 Å². The van der Waals surface area contributed by atoms with Crippen LogP contribution < -0.4 is 10.2 Å². The molecule has 2 aliphatic heterocycles. The summed E-state index contributed by atoms with van der Waals surface area (Å²) < 4.78 is 27.7. The van der Waals surface area contributed by atoms with Crippen LogP contribution in [0, 0.1) is 5.92 Å². The highest BCUT2D eigenvalue weighted by Crippen LogP contribution is 2.27. The summed E-state index contributed by atoms with van der Waals surface area (Å²) in [6, 6.07) is 16.4. The van der Waals surface area contributed by atoms with Gasteiger partial charge in [-0.25, -0.2) is 8.42 Å². The smallest absolute Gasteiger partial charge is 0.243 e. The normalized spacial score (nSPS) is 19.8. The minimum atomic E-state index is -3.70. The fourth-order valence-electron chi connectivity index (χ4n) is 4.36. The van der Waals surface area contributed by atoms with Crippen LogP contribution in [0.1, 0.15) is 31.2 Å². The van der Waals surface area contributed by atoms with Gasteiger partial charge in [-0.3, -0.25) is 9.59 Å². The van der Waals surface area contributed by atoms with Gasteiger partial charge in [-0.1, -0.05) is 30.3 Å². The summed E-state index contributed by atoms with van der Waals surface area (Å²) in [6.07, 6.45) is 3.42. The van der Waals surface area contributed by atoms with Crippen molar-refractivity contribution in [3.63, 3.8) is 0 Å². The fraction of sp³-hybridized carbons (Fsp3) is 0.417. The lowest BCUT2D eigenvalue weighted by Gasteiger charge is -2.31. The van der Waals surface area contributed by atoms with Gasteiger partial charge in [0.2, 0.25) is 21.8 Å². The lowest BCUT2D eigenvalue weighted by atomic mass is 9.99. The van der Waals surface area contributed by atoms with Gasteiger partial charge in [-0.05, 0) is 55.5 Å². The first kappa shape index (κ1) is 22.5. The van der Waals surface area contributed by atoms with E-state index in [4.69, 9.17) is 0 Å². The lowest BCUT2D eigenvalue weighted by molar-refractivity contribution is -0.126. The second-order valence-electron chi connectivity index (χ2n) is 8.37. The van der Waals surface area contributed by atoms with Gasteiger partial charge < -0.3 is 10.2 Å². The Morgan fingerprint density at radius 3 is 2.44 bits per heavy atom. The molecular formula is C24H29N3O4S. The molecular weight excluding hydrogens is 426 g/mol. The van der Waals surface area contributed by atoms with Crippen molar-refractivity contribution in [1.29, 1.82) is 0 Å². The summed E-state index contributed by atoms with van der Waals surface area (Å²) in [5.41, 5.74) is 1.88. The van der Waals surface area contributed by atoms with E-state index in [2.05, 4.69) is 5.32 Å². The molecule has 0 radical (unpaired) electrons. The van der Waals surface area contributed by atoms with Gasteiger partial charge in [0.15, 0.2) is 0 Å². The molecule has 2 aliphatic rings. The average Bonchev–Trinajstić information content (AvgIpc) is 3.25. The molecule has 4 rings (SSSR count). The van der Waals surface area contributed by atoms with E-state index in [1.807, 2.05) is 30.3 Å². The topological polar surface area (TPSA) is 86.8 Å². The number of anilines is 1. The second kappa shape index (κ2) is 9.83. The lowest BCUT2D eigenvalue weighted by Crippen LogP contribution is -2.45. The standard InChI is InChI=1S/C24H29N3O4S/c28-23-9-5-17-27(23)21-10-12-22(13-11-21)32(30,31)26-16-4-8-20(18-26)24(29)25-15-14-19-6-2-1-3-7-19/h1-3,6-7,10-13,20H,4-5,8-9,14-18H2,(H,25,29)/t20-/m0/s1. The Kier molecular flexibility index (Phi) is 6.91. The SMILES string of the molecule is O=C(NCCc1ccccc1)[C@H]1CCCN(S(=O)(=O)c2ccc(N3CCCC3=O)cc2)C1. The number of carbonyl (C=O) groups excluding carboxylic acids is 2. The molecule has 170 valence electrons. The predicted molar refractivity (Wildman–Crippen MR) is 123 cm³/mol. The van der Waals surface area contributed by atoms with Crippen molar-refractivity contribution < 1.29 is 18.0 Å². The Balaban J connectivity index is 1.36. The Bertz CT molecular complexity index is 1050. The maximum absolute atomic E-state index is 13.2. The highest BCUT2D eigenvalue weighted by Gasteiger charge is 2.33. The largest absolute Gasteiger partial charge is 0.355 e. The van der Waals surface area contributed by atoms with E-state index in [-0.39, 0.29) is 29.2 Å². The molecule has 2 amide bonds. The molecule has 2 fully saturated rings. The van der Waals surface area contributed by atoms with E-state index in [1.54, 1.807) is 29.2 Å². The van der Waals surface area contributed by atoms with Gasteiger partial charge in [0.25, 0.3) is 0 Å². The Morgan fingerprint density at radius 1 is 1.00 bits per heavy atom. The van der Waals surface area contributed by atoms with Gasteiger partial charge in [0, 0.05) is 38.3 Å². The van der Waals surface area contributed by atoms with Crippen LogP contribution in [0.3, 0.4) is 0 Å². The molecule has 1 atom stereocenters. The third kappa shape index (κ3) is 5.02. The van der Waals surface area contributed by atoms with Crippen molar-refractivity contribution in [3.05, 3.63) is 60.2 Å². The number of hydrogen-bond acceptors (Lipinski definition) is 4. The van der Waals surface area contributed by atoms with E-state index in [0.29, 0.717) is 38.9 Å². The third-order valence-electron chi connectivity index (χ3n) is 6.17. The minimum absolute atomic E-state index is 0.0674. The number of nitrogens with one attached hydrogen (secondary N) is 1. The molecule has 0 unspecified atom stereocenters. The number of piperidine rings is 1. The molecule has 2 aromatic rings. The van der Waals surface area contributed by atoms with Gasteiger partial charge >= 0.3 is 0 Å². The number of benzene rings is 2. The van der Waals surface area contributed by atoms with E-state index in [9.17, 15) is 18.0 Å². The quantitative estimate of drug-likeness (QED) is 0.695. The van der Waals surface area contributed by atoms with Crippen LogP contribution in [0.2, 0.25) is 0 Å². The van der Waals surface area contributed by atoms with Gasteiger partial charge in [-0.15, -0.1) is 0 Å². The zero-order valence-electron chi connectivity index (χ0n) is 18.1. The Labute approximate surface area is 189 Å². The molecule has 2 heterocycles. The molecule has 8 heteroatoms. The van der Waals surface area contributed by atoms with Gasteiger partial charge in [-0.2, -0.15) is 4.31 Å².